The van der Waals surface area contributed by atoms with E-state index >= 15 is 0 Å². The first-order chi connectivity index (χ1) is 7.60. The van der Waals surface area contributed by atoms with Crippen LogP contribution in [0.15, 0.2) is 18.2 Å². The highest BCUT2D eigenvalue weighted by Crippen LogP contribution is 2.25. The average molecular weight is 289 g/mol. The number of methoxy groups -OCH3 is 1. The van der Waals surface area contributed by atoms with E-state index in [1.807, 2.05) is 13.0 Å². The maximum atomic E-state index is 9.90. The number of ether oxygens (including phenoxy) is 1. The van der Waals surface area contributed by atoms with E-state index in [-0.39, 0.29) is 0 Å². The van der Waals surface area contributed by atoms with Crippen LogP contribution >= 0.6 is 15.9 Å². The molecule has 2 atom stereocenters. The van der Waals surface area contributed by atoms with Gasteiger partial charge in [0.15, 0.2) is 0 Å². The predicted molar refractivity (Wildman–Crippen MR) is 67.1 cm³/mol. The van der Waals surface area contributed by atoms with Crippen molar-refractivity contribution in [3.8, 4) is 5.75 Å². The van der Waals surface area contributed by atoms with Crippen LogP contribution in [0.5, 0.6) is 5.75 Å². The number of rotatable bonds is 5. The lowest BCUT2D eigenvalue weighted by Gasteiger charge is -2.18. The van der Waals surface area contributed by atoms with Gasteiger partial charge in [0.2, 0.25) is 0 Å². The van der Waals surface area contributed by atoms with E-state index in [0.29, 0.717) is 17.3 Å². The summed E-state index contributed by atoms with van der Waals surface area (Å²) < 4.78 is 5.14. The molecule has 2 unspecified atom stereocenters. The third-order valence-electron chi connectivity index (χ3n) is 2.53. The van der Waals surface area contributed by atoms with Crippen LogP contribution in [0.1, 0.15) is 23.7 Å². The minimum absolute atomic E-state index is 0.520. The van der Waals surface area contributed by atoms with Gasteiger partial charge in [-0.2, -0.15) is 0 Å². The summed E-state index contributed by atoms with van der Waals surface area (Å²) in [6, 6.07) is 5.41. The Morgan fingerprint density at radius 3 is 2.56 bits per heavy atom. The molecule has 0 aliphatic carbocycles. The highest BCUT2D eigenvalue weighted by atomic mass is 79.9. The van der Waals surface area contributed by atoms with Crippen molar-refractivity contribution < 1.29 is 14.9 Å². The zero-order valence-corrected chi connectivity index (χ0v) is 11.1. The van der Waals surface area contributed by atoms with Gasteiger partial charge in [0.25, 0.3) is 0 Å². The lowest BCUT2D eigenvalue weighted by atomic mass is 10.0. The van der Waals surface area contributed by atoms with Crippen LogP contribution in [0.2, 0.25) is 0 Å². The molecule has 90 valence electrons. The van der Waals surface area contributed by atoms with Crippen LogP contribution in [-0.4, -0.2) is 28.8 Å². The molecule has 0 fully saturated rings. The van der Waals surface area contributed by atoms with E-state index in [9.17, 15) is 10.2 Å². The van der Waals surface area contributed by atoms with Crippen LogP contribution in [0.25, 0.3) is 0 Å². The molecule has 3 nitrogen and oxygen atoms in total. The fourth-order valence-corrected chi connectivity index (χ4v) is 2.05. The van der Waals surface area contributed by atoms with Crippen LogP contribution in [0.3, 0.4) is 0 Å². The van der Waals surface area contributed by atoms with Gasteiger partial charge in [-0.05, 0) is 36.6 Å². The summed E-state index contributed by atoms with van der Waals surface area (Å²) in [6.07, 6.45) is -1.07. The first kappa shape index (κ1) is 13.5. The van der Waals surface area contributed by atoms with E-state index in [0.717, 1.165) is 11.3 Å². The molecule has 0 amide bonds. The molecule has 0 aliphatic heterocycles. The van der Waals surface area contributed by atoms with E-state index in [1.54, 1.807) is 19.2 Å². The minimum atomic E-state index is -0.845. The van der Waals surface area contributed by atoms with Crippen molar-refractivity contribution in [2.45, 2.75) is 25.6 Å². The predicted octanol–water partition coefficient (Wildman–Crippen LogP) is 2.18. The molecule has 0 aromatic heterocycles. The van der Waals surface area contributed by atoms with E-state index in [2.05, 4.69) is 15.9 Å². The summed E-state index contributed by atoms with van der Waals surface area (Å²) in [5.74, 6) is 0.783. The summed E-state index contributed by atoms with van der Waals surface area (Å²) >= 11 is 3.24. The Labute approximate surface area is 104 Å². The first-order valence-electron chi connectivity index (χ1n) is 5.16. The molecule has 2 N–H and O–H groups in total. The van der Waals surface area contributed by atoms with Gasteiger partial charge < -0.3 is 14.9 Å². The molecule has 0 saturated heterocycles. The Kier molecular flexibility index (Phi) is 5.25. The fourth-order valence-electron chi connectivity index (χ4n) is 1.58. The fraction of sp³-hybridized carbons (Fsp3) is 0.500. The lowest BCUT2D eigenvalue weighted by molar-refractivity contribution is 0.0173. The van der Waals surface area contributed by atoms with Crippen molar-refractivity contribution in [1.82, 2.24) is 0 Å². The van der Waals surface area contributed by atoms with Crippen molar-refractivity contribution in [2.75, 3.05) is 12.4 Å². The van der Waals surface area contributed by atoms with Gasteiger partial charge >= 0.3 is 0 Å². The summed E-state index contributed by atoms with van der Waals surface area (Å²) in [5, 5.41) is 20.2. The topological polar surface area (TPSA) is 49.7 Å². The molecule has 16 heavy (non-hydrogen) atoms. The largest absolute Gasteiger partial charge is 0.496 e. The summed E-state index contributed by atoms with van der Waals surface area (Å²) in [5.41, 5.74) is 1.66. The van der Waals surface area contributed by atoms with E-state index in [4.69, 9.17) is 4.74 Å². The van der Waals surface area contributed by atoms with Gasteiger partial charge in [-0.1, -0.05) is 22.0 Å². The molecule has 1 rings (SSSR count). The molecule has 0 radical (unpaired) electrons. The quantitative estimate of drug-likeness (QED) is 0.817. The number of aliphatic hydroxyl groups excluding tert-OH is 2. The molecular weight excluding hydrogens is 272 g/mol. The molecule has 4 heteroatoms. The monoisotopic (exact) mass is 288 g/mol. The molecular formula is C12H17BrO3. The Bertz CT molecular complexity index is 341. The Balaban J connectivity index is 2.84. The number of benzene rings is 1. The Morgan fingerprint density at radius 1 is 1.38 bits per heavy atom. The van der Waals surface area contributed by atoms with Gasteiger partial charge in [0, 0.05) is 5.33 Å². The molecule has 0 heterocycles. The molecule has 0 aliphatic rings. The lowest BCUT2D eigenvalue weighted by Crippen LogP contribution is -2.18. The second-order valence-electron chi connectivity index (χ2n) is 3.72. The molecule has 1 aromatic rings. The molecule has 0 saturated carbocycles. The van der Waals surface area contributed by atoms with Gasteiger partial charge in [-0.3, -0.25) is 0 Å². The van der Waals surface area contributed by atoms with Crippen molar-refractivity contribution >= 4 is 15.9 Å². The van der Waals surface area contributed by atoms with Gasteiger partial charge in [0.1, 0.15) is 11.9 Å². The zero-order valence-electron chi connectivity index (χ0n) is 9.48. The van der Waals surface area contributed by atoms with Crippen molar-refractivity contribution in [1.29, 1.82) is 0 Å². The number of halogens is 1. The number of alkyl halides is 1. The van der Waals surface area contributed by atoms with Crippen molar-refractivity contribution in [3.05, 3.63) is 29.3 Å². The smallest absolute Gasteiger partial charge is 0.121 e. The number of hydrogen-bond acceptors (Lipinski definition) is 3. The highest BCUT2D eigenvalue weighted by molar-refractivity contribution is 9.09. The normalized spacial score (nSPS) is 14.6. The zero-order chi connectivity index (χ0) is 12.1. The molecule has 0 bridgehead atoms. The maximum absolute atomic E-state index is 9.90. The number of aliphatic hydroxyl groups is 2. The minimum Gasteiger partial charge on any atom is -0.496 e. The second kappa shape index (κ2) is 6.23. The summed E-state index contributed by atoms with van der Waals surface area (Å²) in [4.78, 5) is 0. The molecule has 1 aromatic carbocycles. The van der Waals surface area contributed by atoms with Gasteiger partial charge in [0.05, 0.1) is 13.2 Å². The number of hydrogen-bond donors (Lipinski definition) is 2. The third kappa shape index (κ3) is 3.20. The third-order valence-corrected chi connectivity index (χ3v) is 2.99. The van der Waals surface area contributed by atoms with Crippen LogP contribution in [0.4, 0.5) is 0 Å². The van der Waals surface area contributed by atoms with Gasteiger partial charge in [-0.15, -0.1) is 0 Å². The summed E-state index contributed by atoms with van der Waals surface area (Å²) in [7, 11) is 1.61. The Morgan fingerprint density at radius 2 is 2.06 bits per heavy atom. The summed E-state index contributed by atoms with van der Waals surface area (Å²) in [6.45, 7) is 1.91. The standard InChI is InChI=1S/C12H17BrO3/c1-8-7-9(3-4-11(8)16-2)12(15)10(14)5-6-13/h3-4,7,10,12,14-15H,5-6H2,1-2H3. The number of aryl methyl sites for hydroxylation is 1. The van der Waals surface area contributed by atoms with Crippen LogP contribution in [-0.2, 0) is 0 Å². The molecule has 0 spiro atoms. The van der Waals surface area contributed by atoms with Crippen molar-refractivity contribution in [2.24, 2.45) is 0 Å². The van der Waals surface area contributed by atoms with Gasteiger partial charge in [-0.25, -0.2) is 0 Å². The van der Waals surface area contributed by atoms with E-state index < -0.39 is 12.2 Å². The first-order valence-corrected chi connectivity index (χ1v) is 6.29. The van der Waals surface area contributed by atoms with Crippen molar-refractivity contribution in [3.63, 3.8) is 0 Å². The van der Waals surface area contributed by atoms with Crippen LogP contribution in [0, 0.1) is 6.92 Å². The maximum Gasteiger partial charge on any atom is 0.121 e. The average Bonchev–Trinajstić information content (AvgIpc) is 2.28. The Hall–Kier alpha value is -0.580. The SMILES string of the molecule is COc1ccc(C(O)C(O)CCBr)cc1C. The second-order valence-corrected chi connectivity index (χ2v) is 4.51. The van der Waals surface area contributed by atoms with Crippen LogP contribution < -0.4 is 4.74 Å². The highest BCUT2D eigenvalue weighted by Gasteiger charge is 2.18. The van der Waals surface area contributed by atoms with E-state index in [1.165, 1.54) is 0 Å².